The second-order valence-corrected chi connectivity index (χ2v) is 8.77. The number of nitrogens with two attached hydrogens (primary N) is 1. The molecule has 2 heterocycles. The fourth-order valence-corrected chi connectivity index (χ4v) is 4.67. The van der Waals surface area contributed by atoms with Gasteiger partial charge in [0.15, 0.2) is 0 Å². The Hall–Kier alpha value is -2.75. The van der Waals surface area contributed by atoms with Gasteiger partial charge in [-0.2, -0.15) is 5.10 Å². The quantitative estimate of drug-likeness (QED) is 0.488. The number of aromatic nitrogens is 5. The molecule has 0 unspecified atom stereocenters. The Morgan fingerprint density at radius 3 is 2.68 bits per heavy atom. The number of nitrogens with zero attached hydrogens (tertiary/aromatic N) is 5. The number of carbonyl (C=O) groups is 1. The van der Waals surface area contributed by atoms with Crippen LogP contribution in [-0.4, -0.2) is 43.9 Å². The van der Waals surface area contributed by atoms with Crippen molar-refractivity contribution in [3.05, 3.63) is 63.5 Å². The Morgan fingerprint density at radius 2 is 2.00 bits per heavy atom. The molecule has 0 saturated heterocycles. The monoisotopic (exact) mass is 506 g/mol. The summed E-state index contributed by atoms with van der Waals surface area (Å²) in [4.78, 5) is 24.3. The maximum Gasteiger partial charge on any atom is 0.327 e. The van der Waals surface area contributed by atoms with E-state index >= 15 is 0 Å². The van der Waals surface area contributed by atoms with Crippen LogP contribution in [0.5, 0.6) is 0 Å². The van der Waals surface area contributed by atoms with Crippen LogP contribution in [0.2, 0.25) is 5.02 Å². The molecule has 1 aliphatic rings. The van der Waals surface area contributed by atoms with E-state index in [0.29, 0.717) is 29.6 Å². The first-order chi connectivity index (χ1) is 15.9. The predicted octanol–water partition coefficient (Wildman–Crippen LogP) is 3.15. The molecule has 2 N–H and O–H groups in total. The molecule has 3 aromatic rings. The zero-order valence-corrected chi connectivity index (χ0v) is 20.5. The molecule has 2 aromatic heterocycles. The molecule has 1 aliphatic carbocycles. The SMILES string of the molecule is CCOC(=O)Cn1cc(-c2ccc(=O)n(C3CCC(CN)(c4cccc(Cl)c4)CC3)n2)nn1.Cl. The lowest BCUT2D eigenvalue weighted by atomic mass is 9.68. The minimum Gasteiger partial charge on any atom is -0.465 e. The molecule has 0 bridgehead atoms. The third-order valence-corrected chi connectivity index (χ3v) is 6.54. The Labute approximate surface area is 208 Å². The maximum atomic E-state index is 12.6. The first-order valence-electron chi connectivity index (χ1n) is 11.1. The molecule has 1 saturated carbocycles. The van der Waals surface area contributed by atoms with Gasteiger partial charge in [0.2, 0.25) is 0 Å². The highest BCUT2D eigenvalue weighted by molar-refractivity contribution is 6.30. The van der Waals surface area contributed by atoms with Gasteiger partial charge >= 0.3 is 5.97 Å². The standard InChI is InChI=1S/C23H27ClN6O3.ClH/c1-2-33-22(32)14-29-13-20(26-28-29)19-6-7-21(31)30(27-19)18-8-10-23(15-25,11-9-18)16-4-3-5-17(24)12-16;/h3-7,12-13,18H,2,8-11,14-15,25H2,1H3;1H. The van der Waals surface area contributed by atoms with Gasteiger partial charge in [-0.25, -0.2) is 9.36 Å². The van der Waals surface area contributed by atoms with Gasteiger partial charge < -0.3 is 10.5 Å². The van der Waals surface area contributed by atoms with Gasteiger partial charge in [0.1, 0.15) is 17.9 Å². The number of benzene rings is 1. The summed E-state index contributed by atoms with van der Waals surface area (Å²) in [5.41, 5.74) is 8.05. The average Bonchev–Trinajstić information content (AvgIpc) is 3.28. The molecular weight excluding hydrogens is 479 g/mol. The first-order valence-corrected chi connectivity index (χ1v) is 11.4. The number of rotatable bonds is 7. The van der Waals surface area contributed by atoms with Gasteiger partial charge in [-0.05, 0) is 56.4 Å². The molecule has 0 spiro atoms. The molecule has 0 atom stereocenters. The van der Waals surface area contributed by atoms with Crippen molar-refractivity contribution in [3.8, 4) is 11.4 Å². The van der Waals surface area contributed by atoms with Crippen molar-refractivity contribution >= 4 is 30.0 Å². The highest BCUT2D eigenvalue weighted by atomic mass is 35.5. The summed E-state index contributed by atoms with van der Waals surface area (Å²) in [6, 6.07) is 10.9. The molecule has 11 heteroatoms. The predicted molar refractivity (Wildman–Crippen MR) is 131 cm³/mol. The Balaban J connectivity index is 0.00000324. The van der Waals surface area contributed by atoms with Crippen LogP contribution < -0.4 is 11.3 Å². The average molecular weight is 507 g/mol. The third-order valence-electron chi connectivity index (χ3n) is 6.31. The molecule has 34 heavy (non-hydrogen) atoms. The van der Waals surface area contributed by atoms with Crippen molar-refractivity contribution in [2.45, 2.75) is 50.6 Å². The van der Waals surface area contributed by atoms with E-state index in [0.717, 1.165) is 31.2 Å². The van der Waals surface area contributed by atoms with E-state index in [-0.39, 0.29) is 36.0 Å². The van der Waals surface area contributed by atoms with Crippen LogP contribution in [0.1, 0.15) is 44.2 Å². The lowest BCUT2D eigenvalue weighted by Crippen LogP contribution is -2.41. The summed E-state index contributed by atoms with van der Waals surface area (Å²) in [6.07, 6.45) is 4.84. The summed E-state index contributed by atoms with van der Waals surface area (Å²) >= 11 is 6.21. The number of halogens is 2. The van der Waals surface area contributed by atoms with Gasteiger partial charge in [0.05, 0.1) is 18.8 Å². The summed E-state index contributed by atoms with van der Waals surface area (Å²) in [7, 11) is 0. The topological polar surface area (TPSA) is 118 Å². The Bertz CT molecular complexity index is 1190. The summed E-state index contributed by atoms with van der Waals surface area (Å²) in [5.74, 6) is -0.392. The fraction of sp³-hybridized carbons (Fsp3) is 0.435. The molecule has 9 nitrogen and oxygen atoms in total. The number of hydrogen-bond acceptors (Lipinski definition) is 7. The van der Waals surface area contributed by atoms with Crippen molar-refractivity contribution in [1.29, 1.82) is 0 Å². The van der Waals surface area contributed by atoms with Gasteiger partial charge in [-0.3, -0.25) is 9.59 Å². The van der Waals surface area contributed by atoms with Crippen LogP contribution >= 0.6 is 24.0 Å². The molecule has 1 fully saturated rings. The van der Waals surface area contributed by atoms with Crippen molar-refractivity contribution in [2.24, 2.45) is 5.73 Å². The van der Waals surface area contributed by atoms with Crippen LogP contribution in [-0.2, 0) is 21.5 Å². The molecular formula is C23H28Cl2N6O3. The van der Waals surface area contributed by atoms with Gasteiger partial charge in [-0.15, -0.1) is 17.5 Å². The van der Waals surface area contributed by atoms with Crippen molar-refractivity contribution in [1.82, 2.24) is 24.8 Å². The Morgan fingerprint density at radius 1 is 1.24 bits per heavy atom. The highest BCUT2D eigenvalue weighted by Gasteiger charge is 2.37. The van der Waals surface area contributed by atoms with E-state index in [1.165, 1.54) is 15.4 Å². The van der Waals surface area contributed by atoms with Gasteiger partial charge in [-0.1, -0.05) is 28.9 Å². The molecule has 0 amide bonds. The molecule has 0 aliphatic heterocycles. The second kappa shape index (κ2) is 11.1. The van der Waals surface area contributed by atoms with Gasteiger partial charge in [0.25, 0.3) is 5.56 Å². The van der Waals surface area contributed by atoms with E-state index in [1.54, 1.807) is 19.2 Å². The van der Waals surface area contributed by atoms with Crippen molar-refractivity contribution in [3.63, 3.8) is 0 Å². The summed E-state index contributed by atoms with van der Waals surface area (Å²) in [5, 5.41) is 13.3. The van der Waals surface area contributed by atoms with E-state index in [2.05, 4.69) is 21.5 Å². The smallest absolute Gasteiger partial charge is 0.327 e. The third kappa shape index (κ3) is 5.48. The summed E-state index contributed by atoms with van der Waals surface area (Å²) in [6.45, 7) is 2.53. The van der Waals surface area contributed by atoms with Crippen LogP contribution in [0.25, 0.3) is 11.4 Å². The lowest BCUT2D eigenvalue weighted by molar-refractivity contribution is -0.144. The van der Waals surface area contributed by atoms with Crippen LogP contribution in [0, 0.1) is 0 Å². The normalized spacial score (nSPS) is 19.9. The second-order valence-electron chi connectivity index (χ2n) is 8.33. The minimum absolute atomic E-state index is 0. The zero-order valence-electron chi connectivity index (χ0n) is 18.9. The molecule has 0 radical (unpaired) electrons. The van der Waals surface area contributed by atoms with E-state index in [4.69, 9.17) is 22.1 Å². The molecule has 1 aromatic carbocycles. The Kier molecular flexibility index (Phi) is 8.46. The largest absolute Gasteiger partial charge is 0.465 e. The van der Waals surface area contributed by atoms with E-state index in [9.17, 15) is 9.59 Å². The highest BCUT2D eigenvalue weighted by Crippen LogP contribution is 2.42. The van der Waals surface area contributed by atoms with E-state index in [1.807, 2.05) is 18.2 Å². The number of ether oxygens (including phenoxy) is 1. The van der Waals surface area contributed by atoms with E-state index < -0.39 is 5.97 Å². The first kappa shape index (κ1) is 25.9. The van der Waals surface area contributed by atoms with Crippen molar-refractivity contribution < 1.29 is 9.53 Å². The minimum atomic E-state index is -0.392. The zero-order chi connectivity index (χ0) is 23.4. The maximum absolute atomic E-state index is 12.6. The van der Waals surface area contributed by atoms with Crippen LogP contribution in [0.3, 0.4) is 0 Å². The molecule has 4 rings (SSSR count). The van der Waals surface area contributed by atoms with Crippen LogP contribution in [0.4, 0.5) is 0 Å². The molecule has 182 valence electrons. The number of carbonyl (C=O) groups excluding carboxylic acids is 1. The number of esters is 1. The van der Waals surface area contributed by atoms with Crippen LogP contribution in [0.15, 0.2) is 47.4 Å². The fourth-order valence-electron chi connectivity index (χ4n) is 4.48. The van der Waals surface area contributed by atoms with Gasteiger partial charge in [0, 0.05) is 23.0 Å². The van der Waals surface area contributed by atoms with Crippen molar-refractivity contribution in [2.75, 3.05) is 13.2 Å². The number of hydrogen-bond donors (Lipinski definition) is 1. The lowest BCUT2D eigenvalue weighted by Gasteiger charge is -2.40. The summed E-state index contributed by atoms with van der Waals surface area (Å²) < 4.78 is 7.87.